The van der Waals surface area contributed by atoms with E-state index in [1.807, 2.05) is 35.9 Å². The van der Waals surface area contributed by atoms with Crippen molar-refractivity contribution in [3.8, 4) is 0 Å². The van der Waals surface area contributed by atoms with E-state index in [2.05, 4.69) is 22.9 Å². The molecule has 1 aromatic carbocycles. The molecule has 3 heterocycles. The average Bonchev–Trinajstić information content (AvgIpc) is 3.44. The number of likely N-dealkylation sites (N-methyl/N-ethyl adjacent to an activating group) is 1. The number of benzene rings is 1. The normalized spacial score (nSPS) is 17.0. The molecule has 2 aromatic heterocycles. The number of nitrogens with zero attached hydrogens (tertiary/aromatic N) is 3. The highest BCUT2D eigenvalue weighted by Crippen LogP contribution is 2.39. The molecular formula is C22H23N3O3S2. The van der Waals surface area contributed by atoms with Gasteiger partial charge in [0.05, 0.1) is 17.5 Å². The Bertz CT molecular complexity index is 1050. The van der Waals surface area contributed by atoms with Gasteiger partial charge in [0.25, 0.3) is 5.69 Å². The number of rotatable bonds is 6. The number of carbonyl (C=O) groups is 1. The van der Waals surface area contributed by atoms with E-state index in [9.17, 15) is 14.9 Å². The maximum Gasteiger partial charge on any atom is 0.269 e. The molecule has 30 heavy (non-hydrogen) atoms. The predicted molar refractivity (Wildman–Crippen MR) is 120 cm³/mol. The molecule has 1 aliphatic heterocycles. The molecule has 1 aliphatic rings. The molecule has 2 unspecified atom stereocenters. The van der Waals surface area contributed by atoms with E-state index in [1.165, 1.54) is 21.4 Å². The van der Waals surface area contributed by atoms with Crippen LogP contribution in [-0.4, -0.2) is 40.8 Å². The third-order valence-electron chi connectivity index (χ3n) is 5.71. The molecule has 0 fully saturated rings. The second-order valence-corrected chi connectivity index (χ2v) is 9.48. The van der Waals surface area contributed by atoms with E-state index in [-0.39, 0.29) is 35.1 Å². The van der Waals surface area contributed by atoms with Crippen molar-refractivity contribution in [1.29, 1.82) is 0 Å². The van der Waals surface area contributed by atoms with Gasteiger partial charge in [-0.15, -0.1) is 22.7 Å². The molecule has 0 bridgehead atoms. The van der Waals surface area contributed by atoms with Crippen molar-refractivity contribution in [3.63, 3.8) is 0 Å². The summed E-state index contributed by atoms with van der Waals surface area (Å²) in [6.07, 6.45) is 0.880. The molecule has 1 amide bonds. The Morgan fingerprint density at radius 3 is 2.83 bits per heavy atom. The van der Waals surface area contributed by atoms with Gasteiger partial charge in [-0.3, -0.25) is 19.8 Å². The summed E-state index contributed by atoms with van der Waals surface area (Å²) in [5, 5.41) is 15.2. The highest BCUT2D eigenvalue weighted by molar-refractivity contribution is 7.10. The number of non-ortho nitro benzene ring substituents is 1. The Labute approximate surface area is 183 Å². The minimum absolute atomic E-state index is 0.0333. The first-order valence-electron chi connectivity index (χ1n) is 9.79. The average molecular weight is 442 g/mol. The van der Waals surface area contributed by atoms with Crippen LogP contribution in [0.4, 0.5) is 5.69 Å². The van der Waals surface area contributed by atoms with Gasteiger partial charge in [0.1, 0.15) is 0 Å². The largest absolute Gasteiger partial charge is 0.329 e. The molecule has 3 aromatic rings. The number of fused-ring (bicyclic) bond motifs is 1. The standard InChI is InChI=1S/C22H23N3O3S2/c1-15(16-5-3-6-17(13-16)25(27)28)23(2)14-21(26)24-10-8-19-18(9-12-30-19)22(24)20-7-4-11-29-20/h3-7,9,11-13,15,22H,8,10,14H2,1-2H3. The zero-order valence-corrected chi connectivity index (χ0v) is 18.5. The van der Waals surface area contributed by atoms with Gasteiger partial charge < -0.3 is 4.90 Å². The molecule has 0 aliphatic carbocycles. The van der Waals surface area contributed by atoms with E-state index in [4.69, 9.17) is 0 Å². The zero-order chi connectivity index (χ0) is 21.3. The first-order valence-corrected chi connectivity index (χ1v) is 11.6. The van der Waals surface area contributed by atoms with Crippen LogP contribution in [0.15, 0.2) is 53.2 Å². The minimum Gasteiger partial charge on any atom is -0.329 e. The van der Waals surface area contributed by atoms with Crippen molar-refractivity contribution >= 4 is 34.3 Å². The van der Waals surface area contributed by atoms with Crippen LogP contribution in [0.5, 0.6) is 0 Å². The van der Waals surface area contributed by atoms with Crippen LogP contribution >= 0.6 is 22.7 Å². The maximum atomic E-state index is 13.3. The van der Waals surface area contributed by atoms with Gasteiger partial charge in [-0.05, 0) is 54.4 Å². The Morgan fingerprint density at radius 2 is 2.10 bits per heavy atom. The number of carbonyl (C=O) groups excluding carboxylic acids is 1. The van der Waals surface area contributed by atoms with Crippen LogP contribution in [0, 0.1) is 10.1 Å². The smallest absolute Gasteiger partial charge is 0.269 e. The van der Waals surface area contributed by atoms with Crippen LogP contribution in [0.3, 0.4) is 0 Å². The second kappa shape index (κ2) is 8.67. The van der Waals surface area contributed by atoms with Gasteiger partial charge in [0.2, 0.25) is 5.91 Å². The molecule has 0 saturated heterocycles. The summed E-state index contributed by atoms with van der Waals surface area (Å²) < 4.78 is 0. The lowest BCUT2D eigenvalue weighted by Gasteiger charge is -2.37. The topological polar surface area (TPSA) is 66.7 Å². The van der Waals surface area contributed by atoms with Crippen molar-refractivity contribution in [1.82, 2.24) is 9.80 Å². The monoisotopic (exact) mass is 441 g/mol. The predicted octanol–water partition coefficient (Wildman–Crippen LogP) is 4.88. The fourth-order valence-corrected chi connectivity index (χ4v) is 5.69. The Kier molecular flexibility index (Phi) is 5.99. The van der Waals surface area contributed by atoms with E-state index >= 15 is 0 Å². The molecule has 2 atom stereocenters. The van der Waals surface area contributed by atoms with Crippen molar-refractivity contribution in [2.45, 2.75) is 25.4 Å². The van der Waals surface area contributed by atoms with Gasteiger partial charge in [0, 0.05) is 34.5 Å². The number of thiophene rings is 2. The van der Waals surface area contributed by atoms with Gasteiger partial charge in [-0.25, -0.2) is 0 Å². The quantitative estimate of drug-likeness (QED) is 0.404. The van der Waals surface area contributed by atoms with Gasteiger partial charge in [0.15, 0.2) is 0 Å². The van der Waals surface area contributed by atoms with Crippen molar-refractivity contribution in [3.05, 3.63) is 84.2 Å². The summed E-state index contributed by atoms with van der Waals surface area (Å²) in [5.74, 6) is 0.0741. The third kappa shape index (κ3) is 4.03. The molecule has 0 radical (unpaired) electrons. The number of amides is 1. The lowest BCUT2D eigenvalue weighted by molar-refractivity contribution is -0.384. The van der Waals surface area contributed by atoms with Crippen molar-refractivity contribution in [2.75, 3.05) is 20.1 Å². The number of nitro benzene ring substituents is 1. The molecular weight excluding hydrogens is 418 g/mol. The van der Waals surface area contributed by atoms with Crippen LogP contribution in [0.1, 0.15) is 39.9 Å². The van der Waals surface area contributed by atoms with Crippen molar-refractivity contribution < 1.29 is 9.72 Å². The lowest BCUT2D eigenvalue weighted by atomic mass is 9.98. The second-order valence-electron chi connectivity index (χ2n) is 7.50. The van der Waals surface area contributed by atoms with Crippen molar-refractivity contribution in [2.24, 2.45) is 0 Å². The summed E-state index contributed by atoms with van der Waals surface area (Å²) in [5.41, 5.74) is 2.13. The van der Waals surface area contributed by atoms with E-state index < -0.39 is 0 Å². The molecule has 156 valence electrons. The third-order valence-corrected chi connectivity index (χ3v) is 7.63. The molecule has 0 spiro atoms. The van der Waals surface area contributed by atoms with E-state index in [1.54, 1.807) is 34.8 Å². The Balaban J connectivity index is 1.52. The molecule has 0 saturated carbocycles. The zero-order valence-electron chi connectivity index (χ0n) is 16.9. The van der Waals surface area contributed by atoms with Crippen LogP contribution in [0.2, 0.25) is 0 Å². The maximum absolute atomic E-state index is 13.3. The van der Waals surface area contributed by atoms with Gasteiger partial charge in [-0.1, -0.05) is 18.2 Å². The fourth-order valence-electron chi connectivity index (χ4n) is 3.93. The highest BCUT2D eigenvalue weighted by atomic mass is 32.1. The first kappa shape index (κ1) is 20.7. The Hall–Kier alpha value is -2.55. The van der Waals surface area contributed by atoms with E-state index in [0.717, 1.165) is 12.0 Å². The fraction of sp³-hybridized carbons (Fsp3) is 0.318. The van der Waals surface area contributed by atoms with Crippen LogP contribution < -0.4 is 0 Å². The number of hydrogen-bond acceptors (Lipinski definition) is 6. The van der Waals surface area contributed by atoms with Crippen LogP contribution in [0.25, 0.3) is 0 Å². The van der Waals surface area contributed by atoms with Gasteiger partial charge in [-0.2, -0.15) is 0 Å². The van der Waals surface area contributed by atoms with Gasteiger partial charge >= 0.3 is 0 Å². The molecule has 0 N–H and O–H groups in total. The lowest BCUT2D eigenvalue weighted by Crippen LogP contribution is -2.44. The van der Waals surface area contributed by atoms with Crippen LogP contribution in [-0.2, 0) is 11.2 Å². The SMILES string of the molecule is CC(c1cccc([N+](=O)[O-])c1)N(C)CC(=O)N1CCc2sccc2C1c1cccs1. The first-order chi connectivity index (χ1) is 14.5. The van der Waals surface area contributed by atoms with E-state index in [0.29, 0.717) is 6.54 Å². The Morgan fingerprint density at radius 1 is 1.27 bits per heavy atom. The summed E-state index contributed by atoms with van der Waals surface area (Å²) in [6, 6.07) is 12.7. The minimum atomic E-state index is -0.390. The summed E-state index contributed by atoms with van der Waals surface area (Å²) >= 11 is 3.44. The summed E-state index contributed by atoms with van der Waals surface area (Å²) in [6.45, 7) is 2.93. The summed E-state index contributed by atoms with van der Waals surface area (Å²) in [4.78, 5) is 30.5. The molecule has 6 nitrogen and oxygen atoms in total. The number of hydrogen-bond donors (Lipinski definition) is 0. The highest BCUT2D eigenvalue weighted by Gasteiger charge is 2.34. The molecule has 4 rings (SSSR count). The molecule has 8 heteroatoms. The number of nitro groups is 1. The summed E-state index contributed by atoms with van der Waals surface area (Å²) in [7, 11) is 1.89.